The Morgan fingerprint density at radius 2 is 2.00 bits per heavy atom. The predicted molar refractivity (Wildman–Crippen MR) is 76.3 cm³/mol. The summed E-state index contributed by atoms with van der Waals surface area (Å²) in [5.41, 5.74) is 5.35. The number of nitrogen functional groups attached to an aromatic ring is 1. The summed E-state index contributed by atoms with van der Waals surface area (Å²) < 4.78 is 28.4. The van der Waals surface area contributed by atoms with Crippen molar-refractivity contribution in [3.05, 3.63) is 29.3 Å². The number of nitrogens with zero attached hydrogens (tertiary/aromatic N) is 2. The van der Waals surface area contributed by atoms with Gasteiger partial charge in [-0.3, -0.25) is 5.41 Å². The first-order chi connectivity index (χ1) is 9.40. The number of nitrogens with two attached hydrogens (primary N) is 1. The Balaban J connectivity index is 2.34. The number of amidine groups is 1. The van der Waals surface area contributed by atoms with Crippen LogP contribution in [0.5, 0.6) is 0 Å². The smallest absolute Gasteiger partial charge is 0.150 e. The molecule has 0 saturated carbocycles. The molecular weight excluding hydrogens is 262 g/mol. The second-order valence-corrected chi connectivity index (χ2v) is 5.45. The van der Waals surface area contributed by atoms with Crippen LogP contribution >= 0.6 is 0 Å². The molecular formula is C14H20F2N4. The van der Waals surface area contributed by atoms with Crippen LogP contribution in [-0.2, 0) is 0 Å². The van der Waals surface area contributed by atoms with Gasteiger partial charge in [0, 0.05) is 24.7 Å². The van der Waals surface area contributed by atoms with E-state index in [4.69, 9.17) is 11.1 Å². The highest BCUT2D eigenvalue weighted by atomic mass is 19.1. The van der Waals surface area contributed by atoms with Crippen LogP contribution < -0.4 is 10.6 Å². The van der Waals surface area contributed by atoms with Crippen molar-refractivity contribution < 1.29 is 8.78 Å². The number of nitrogens with one attached hydrogen (secondary N) is 1. The molecule has 3 N–H and O–H groups in total. The Labute approximate surface area is 117 Å². The fraction of sp³-hybridized carbons (Fsp3) is 0.500. The van der Waals surface area contributed by atoms with Crippen LogP contribution in [0.4, 0.5) is 14.5 Å². The molecule has 0 spiro atoms. The summed E-state index contributed by atoms with van der Waals surface area (Å²) in [6.07, 6.45) is 1.84. The molecule has 20 heavy (non-hydrogen) atoms. The molecule has 4 nitrogen and oxygen atoms in total. The predicted octanol–water partition coefficient (Wildman–Crippen LogP) is 1.78. The van der Waals surface area contributed by atoms with Crippen molar-refractivity contribution in [2.24, 2.45) is 5.73 Å². The molecule has 2 rings (SSSR count). The third-order valence-corrected chi connectivity index (χ3v) is 3.57. The number of likely N-dealkylation sites (N-methyl/N-ethyl adjacent to an activating group) is 1. The van der Waals surface area contributed by atoms with Crippen molar-refractivity contribution in [3.8, 4) is 0 Å². The van der Waals surface area contributed by atoms with Gasteiger partial charge >= 0.3 is 0 Å². The first kappa shape index (κ1) is 14.7. The zero-order valence-electron chi connectivity index (χ0n) is 11.8. The fourth-order valence-corrected chi connectivity index (χ4v) is 2.74. The Hall–Kier alpha value is -1.69. The molecule has 1 aromatic rings. The topological polar surface area (TPSA) is 56.4 Å². The summed E-state index contributed by atoms with van der Waals surface area (Å²) in [5.74, 6) is -1.64. The quantitative estimate of drug-likeness (QED) is 0.654. The Morgan fingerprint density at radius 1 is 1.40 bits per heavy atom. The van der Waals surface area contributed by atoms with Gasteiger partial charge in [-0.25, -0.2) is 8.78 Å². The van der Waals surface area contributed by atoms with Crippen molar-refractivity contribution in [3.63, 3.8) is 0 Å². The summed E-state index contributed by atoms with van der Waals surface area (Å²) in [7, 11) is 3.89. The minimum atomic E-state index is -0.652. The molecule has 0 bridgehead atoms. The third-order valence-electron chi connectivity index (χ3n) is 3.57. The summed E-state index contributed by atoms with van der Waals surface area (Å²) >= 11 is 0. The average molecular weight is 282 g/mol. The SMILES string of the molecule is CN(C)CC1CCCN1c1c(F)cc(C(=N)N)cc1F. The van der Waals surface area contributed by atoms with Gasteiger partial charge in [-0.15, -0.1) is 0 Å². The molecule has 1 atom stereocenters. The molecule has 1 aliphatic rings. The molecule has 0 amide bonds. The normalized spacial score (nSPS) is 18.9. The van der Waals surface area contributed by atoms with E-state index in [1.165, 1.54) is 0 Å². The molecule has 1 aliphatic heterocycles. The van der Waals surface area contributed by atoms with E-state index in [2.05, 4.69) is 0 Å². The second-order valence-electron chi connectivity index (χ2n) is 5.45. The molecule has 0 radical (unpaired) electrons. The molecule has 110 valence electrons. The van der Waals surface area contributed by atoms with E-state index in [0.717, 1.165) is 31.5 Å². The lowest BCUT2D eigenvalue weighted by atomic mass is 10.1. The van der Waals surface area contributed by atoms with Crippen molar-refractivity contribution in [1.29, 1.82) is 5.41 Å². The zero-order chi connectivity index (χ0) is 14.9. The van der Waals surface area contributed by atoms with E-state index in [-0.39, 0.29) is 23.1 Å². The molecule has 1 unspecified atom stereocenters. The highest BCUT2D eigenvalue weighted by Gasteiger charge is 2.29. The van der Waals surface area contributed by atoms with E-state index in [9.17, 15) is 8.78 Å². The van der Waals surface area contributed by atoms with Crippen LogP contribution in [0.1, 0.15) is 18.4 Å². The summed E-state index contributed by atoms with van der Waals surface area (Å²) in [6.45, 7) is 1.40. The summed E-state index contributed by atoms with van der Waals surface area (Å²) in [4.78, 5) is 3.80. The lowest BCUT2D eigenvalue weighted by molar-refractivity contribution is 0.370. The van der Waals surface area contributed by atoms with Crippen LogP contribution in [0.25, 0.3) is 0 Å². The number of rotatable bonds is 4. The van der Waals surface area contributed by atoms with Gasteiger partial charge in [0.1, 0.15) is 23.2 Å². The minimum Gasteiger partial charge on any atom is -0.384 e. The van der Waals surface area contributed by atoms with Crippen molar-refractivity contribution in [1.82, 2.24) is 4.90 Å². The Bertz CT molecular complexity index is 493. The van der Waals surface area contributed by atoms with Gasteiger partial charge in [-0.2, -0.15) is 0 Å². The largest absolute Gasteiger partial charge is 0.384 e. The number of benzene rings is 1. The second kappa shape index (κ2) is 5.75. The van der Waals surface area contributed by atoms with Crippen molar-refractivity contribution in [2.45, 2.75) is 18.9 Å². The Morgan fingerprint density at radius 3 is 2.50 bits per heavy atom. The zero-order valence-corrected chi connectivity index (χ0v) is 11.8. The van der Waals surface area contributed by atoms with Crippen molar-refractivity contribution in [2.75, 3.05) is 32.1 Å². The van der Waals surface area contributed by atoms with Gasteiger partial charge in [0.25, 0.3) is 0 Å². The summed E-state index contributed by atoms with van der Waals surface area (Å²) in [5, 5.41) is 7.26. The number of hydrogen-bond acceptors (Lipinski definition) is 3. The first-order valence-electron chi connectivity index (χ1n) is 6.65. The number of anilines is 1. The summed E-state index contributed by atoms with van der Waals surface area (Å²) in [6, 6.07) is 2.37. The molecule has 0 aromatic heterocycles. The fourth-order valence-electron chi connectivity index (χ4n) is 2.74. The van der Waals surface area contributed by atoms with E-state index in [1.807, 2.05) is 19.0 Å². The first-order valence-corrected chi connectivity index (χ1v) is 6.65. The number of hydrogen-bond donors (Lipinski definition) is 2. The van der Waals surface area contributed by atoms with Crippen LogP contribution in [-0.4, -0.2) is 44.0 Å². The van der Waals surface area contributed by atoms with Gasteiger partial charge < -0.3 is 15.5 Å². The van der Waals surface area contributed by atoms with E-state index in [0.29, 0.717) is 6.54 Å². The van der Waals surface area contributed by atoms with Crippen LogP contribution in [0.3, 0.4) is 0 Å². The molecule has 1 fully saturated rings. The maximum absolute atomic E-state index is 14.2. The molecule has 1 aromatic carbocycles. The molecule has 6 heteroatoms. The highest BCUT2D eigenvalue weighted by Crippen LogP contribution is 2.31. The highest BCUT2D eigenvalue weighted by molar-refractivity contribution is 5.95. The maximum atomic E-state index is 14.2. The van der Waals surface area contributed by atoms with E-state index < -0.39 is 11.6 Å². The lowest BCUT2D eigenvalue weighted by Gasteiger charge is -2.29. The molecule has 1 saturated heterocycles. The standard InChI is InChI=1S/C14H20F2N4/c1-19(2)8-10-4-3-5-20(10)13-11(15)6-9(14(17)18)7-12(13)16/h6-7,10H,3-5,8H2,1-2H3,(H3,17,18). The van der Waals surface area contributed by atoms with Crippen LogP contribution in [0.15, 0.2) is 12.1 Å². The molecule has 0 aliphatic carbocycles. The van der Waals surface area contributed by atoms with Crippen LogP contribution in [0, 0.1) is 17.0 Å². The monoisotopic (exact) mass is 282 g/mol. The van der Waals surface area contributed by atoms with Gasteiger partial charge in [0.2, 0.25) is 0 Å². The van der Waals surface area contributed by atoms with Crippen molar-refractivity contribution >= 4 is 11.5 Å². The van der Waals surface area contributed by atoms with Crippen LogP contribution in [0.2, 0.25) is 0 Å². The third kappa shape index (κ3) is 2.90. The molecule has 1 heterocycles. The van der Waals surface area contributed by atoms with Gasteiger partial charge in [0.05, 0.1) is 0 Å². The average Bonchev–Trinajstić information content (AvgIpc) is 2.75. The van der Waals surface area contributed by atoms with Gasteiger partial charge in [-0.05, 0) is 39.1 Å². The Kier molecular flexibility index (Phi) is 4.23. The van der Waals surface area contributed by atoms with E-state index in [1.54, 1.807) is 4.90 Å². The maximum Gasteiger partial charge on any atom is 0.150 e. The van der Waals surface area contributed by atoms with Gasteiger partial charge in [0.15, 0.2) is 0 Å². The minimum absolute atomic E-state index is 0.000602. The number of halogens is 2. The van der Waals surface area contributed by atoms with Gasteiger partial charge in [-0.1, -0.05) is 0 Å². The lowest BCUT2D eigenvalue weighted by Crippen LogP contribution is -2.38. The van der Waals surface area contributed by atoms with E-state index >= 15 is 0 Å².